The largest absolute Gasteiger partial charge is 0.388 e. The third kappa shape index (κ3) is 2.68. The Hall–Kier alpha value is -0.0800. The fourth-order valence-electron chi connectivity index (χ4n) is 4.04. The molecule has 0 aromatic rings. The molecule has 2 fully saturated rings. The van der Waals surface area contributed by atoms with Crippen molar-refractivity contribution in [2.45, 2.75) is 70.9 Å². The first-order valence-electron chi connectivity index (χ1n) is 7.50. The van der Waals surface area contributed by atoms with Crippen LogP contribution in [0.2, 0.25) is 0 Å². The van der Waals surface area contributed by atoms with Gasteiger partial charge in [-0.15, -0.1) is 0 Å². The number of rotatable bonds is 2. The summed E-state index contributed by atoms with van der Waals surface area (Å²) < 4.78 is 0. The lowest BCUT2D eigenvalue weighted by Crippen LogP contribution is -2.60. The Morgan fingerprint density at radius 2 is 2.00 bits per heavy atom. The van der Waals surface area contributed by atoms with Crippen LogP contribution in [-0.4, -0.2) is 23.3 Å². The Morgan fingerprint density at radius 1 is 1.24 bits per heavy atom. The standard InChI is InChI=1S/C15H29NO/c1-11(2)13-6-4-5-8-15(13,17)14-10-12(3)7-9-16-14/h11-14,16-17H,4-10H2,1-3H3. The summed E-state index contributed by atoms with van der Waals surface area (Å²) in [5.41, 5.74) is -0.443. The monoisotopic (exact) mass is 239 g/mol. The lowest BCUT2D eigenvalue weighted by molar-refractivity contribution is -0.101. The predicted molar refractivity (Wildman–Crippen MR) is 71.9 cm³/mol. The maximum absolute atomic E-state index is 11.2. The molecule has 1 aliphatic heterocycles. The lowest BCUT2D eigenvalue weighted by atomic mass is 9.65. The van der Waals surface area contributed by atoms with Crippen molar-refractivity contribution >= 4 is 0 Å². The van der Waals surface area contributed by atoms with Gasteiger partial charge in [-0.1, -0.05) is 33.6 Å². The third-order valence-electron chi connectivity index (χ3n) is 5.06. The first-order valence-corrected chi connectivity index (χ1v) is 7.50. The number of piperidine rings is 1. The van der Waals surface area contributed by atoms with Crippen LogP contribution in [0.1, 0.15) is 59.3 Å². The van der Waals surface area contributed by atoms with Gasteiger partial charge in [-0.2, -0.15) is 0 Å². The topological polar surface area (TPSA) is 32.3 Å². The molecule has 2 nitrogen and oxygen atoms in total. The third-order valence-corrected chi connectivity index (χ3v) is 5.06. The zero-order chi connectivity index (χ0) is 12.5. The van der Waals surface area contributed by atoms with E-state index in [9.17, 15) is 5.11 Å². The molecule has 1 heterocycles. The molecule has 4 unspecified atom stereocenters. The van der Waals surface area contributed by atoms with Crippen LogP contribution in [0.5, 0.6) is 0 Å². The zero-order valence-electron chi connectivity index (χ0n) is 11.7. The van der Waals surface area contributed by atoms with Gasteiger partial charge in [-0.05, 0) is 50.0 Å². The molecule has 2 heteroatoms. The number of aliphatic hydroxyl groups is 1. The summed E-state index contributed by atoms with van der Waals surface area (Å²) in [6, 6.07) is 0.332. The molecule has 2 N–H and O–H groups in total. The Bertz CT molecular complexity index is 253. The molecular weight excluding hydrogens is 210 g/mol. The summed E-state index contributed by atoms with van der Waals surface area (Å²) in [6.45, 7) is 7.95. The number of nitrogens with one attached hydrogen (secondary N) is 1. The second kappa shape index (κ2) is 5.27. The van der Waals surface area contributed by atoms with Crippen molar-refractivity contribution in [2.75, 3.05) is 6.54 Å². The molecule has 0 radical (unpaired) electrons. The molecule has 4 atom stereocenters. The molecule has 17 heavy (non-hydrogen) atoms. The predicted octanol–water partition coefficient (Wildman–Crippen LogP) is 2.95. The summed E-state index contributed by atoms with van der Waals surface area (Å²) in [4.78, 5) is 0. The summed E-state index contributed by atoms with van der Waals surface area (Å²) in [5.74, 6) is 1.85. The Morgan fingerprint density at radius 3 is 2.65 bits per heavy atom. The molecule has 1 saturated heterocycles. The van der Waals surface area contributed by atoms with Crippen LogP contribution in [-0.2, 0) is 0 Å². The van der Waals surface area contributed by atoms with Crippen molar-refractivity contribution in [3.63, 3.8) is 0 Å². The molecule has 100 valence electrons. The molecule has 0 aromatic carbocycles. The van der Waals surface area contributed by atoms with E-state index in [4.69, 9.17) is 0 Å². The Kier molecular flexibility index (Phi) is 4.14. The maximum atomic E-state index is 11.2. The van der Waals surface area contributed by atoms with Crippen molar-refractivity contribution < 1.29 is 5.11 Å². The smallest absolute Gasteiger partial charge is 0.0830 e. The highest BCUT2D eigenvalue weighted by molar-refractivity contribution is 5.01. The fraction of sp³-hybridized carbons (Fsp3) is 1.00. The average Bonchev–Trinajstić information content (AvgIpc) is 2.29. The summed E-state index contributed by atoms with van der Waals surface area (Å²) >= 11 is 0. The van der Waals surface area contributed by atoms with Crippen LogP contribution in [0.4, 0.5) is 0 Å². The van der Waals surface area contributed by atoms with Crippen molar-refractivity contribution in [3.05, 3.63) is 0 Å². The molecule has 0 bridgehead atoms. The molecule has 1 saturated carbocycles. The van der Waals surface area contributed by atoms with Crippen LogP contribution >= 0.6 is 0 Å². The average molecular weight is 239 g/mol. The van der Waals surface area contributed by atoms with Gasteiger partial charge in [-0.3, -0.25) is 0 Å². The van der Waals surface area contributed by atoms with E-state index in [0.717, 1.165) is 25.3 Å². The van der Waals surface area contributed by atoms with E-state index in [0.29, 0.717) is 17.9 Å². The molecule has 2 aliphatic rings. The van der Waals surface area contributed by atoms with Gasteiger partial charge in [0.05, 0.1) is 5.60 Å². The van der Waals surface area contributed by atoms with Crippen LogP contribution in [0.25, 0.3) is 0 Å². The van der Waals surface area contributed by atoms with E-state index in [1.54, 1.807) is 0 Å². The van der Waals surface area contributed by atoms with E-state index < -0.39 is 5.60 Å². The SMILES string of the molecule is CC1CCNC(C2(O)CCCCC2C(C)C)C1. The van der Waals surface area contributed by atoms with Gasteiger partial charge in [0, 0.05) is 6.04 Å². The van der Waals surface area contributed by atoms with Gasteiger partial charge in [0.1, 0.15) is 0 Å². The summed E-state index contributed by atoms with van der Waals surface area (Å²) in [6.07, 6.45) is 7.12. The highest BCUT2D eigenvalue weighted by atomic mass is 16.3. The number of hydrogen-bond donors (Lipinski definition) is 2. The second-order valence-corrected chi connectivity index (χ2v) is 6.72. The van der Waals surface area contributed by atoms with Gasteiger partial charge in [-0.25, -0.2) is 0 Å². The molecule has 2 rings (SSSR count). The minimum atomic E-state index is -0.443. The van der Waals surface area contributed by atoms with Gasteiger partial charge in [0.15, 0.2) is 0 Å². The maximum Gasteiger partial charge on any atom is 0.0830 e. The van der Waals surface area contributed by atoms with Crippen molar-refractivity contribution in [3.8, 4) is 0 Å². The molecule has 0 amide bonds. The van der Waals surface area contributed by atoms with Crippen LogP contribution in [0, 0.1) is 17.8 Å². The highest BCUT2D eigenvalue weighted by Gasteiger charge is 2.47. The first kappa shape index (κ1) is 13.4. The van der Waals surface area contributed by atoms with Gasteiger partial charge in [0.25, 0.3) is 0 Å². The van der Waals surface area contributed by atoms with E-state index >= 15 is 0 Å². The van der Waals surface area contributed by atoms with Crippen LogP contribution in [0.3, 0.4) is 0 Å². The normalized spacial score (nSPS) is 43.9. The fourth-order valence-corrected chi connectivity index (χ4v) is 4.04. The minimum Gasteiger partial charge on any atom is -0.388 e. The van der Waals surface area contributed by atoms with Crippen molar-refractivity contribution in [1.82, 2.24) is 5.32 Å². The van der Waals surface area contributed by atoms with E-state index in [1.807, 2.05) is 0 Å². The highest BCUT2D eigenvalue weighted by Crippen LogP contribution is 2.42. The molecular formula is C15H29NO. The quantitative estimate of drug-likeness (QED) is 0.776. The van der Waals surface area contributed by atoms with Gasteiger partial charge >= 0.3 is 0 Å². The second-order valence-electron chi connectivity index (χ2n) is 6.72. The minimum absolute atomic E-state index is 0.332. The molecule has 1 aliphatic carbocycles. The Labute approximate surface area is 106 Å². The van der Waals surface area contributed by atoms with Crippen molar-refractivity contribution in [2.24, 2.45) is 17.8 Å². The summed E-state index contributed by atoms with van der Waals surface area (Å²) in [5, 5.41) is 14.8. The lowest BCUT2D eigenvalue weighted by Gasteiger charge is -2.49. The van der Waals surface area contributed by atoms with E-state index in [2.05, 4.69) is 26.1 Å². The Balaban J connectivity index is 2.12. The van der Waals surface area contributed by atoms with E-state index in [-0.39, 0.29) is 0 Å². The van der Waals surface area contributed by atoms with Crippen LogP contribution < -0.4 is 5.32 Å². The van der Waals surface area contributed by atoms with Crippen LogP contribution in [0.15, 0.2) is 0 Å². The molecule has 0 spiro atoms. The van der Waals surface area contributed by atoms with Gasteiger partial charge in [0.2, 0.25) is 0 Å². The number of hydrogen-bond acceptors (Lipinski definition) is 2. The molecule has 0 aromatic heterocycles. The van der Waals surface area contributed by atoms with E-state index in [1.165, 1.54) is 25.7 Å². The van der Waals surface area contributed by atoms with Crippen molar-refractivity contribution in [1.29, 1.82) is 0 Å². The van der Waals surface area contributed by atoms with Gasteiger partial charge < -0.3 is 10.4 Å². The zero-order valence-corrected chi connectivity index (χ0v) is 11.7. The summed E-state index contributed by atoms with van der Waals surface area (Å²) in [7, 11) is 0. The first-order chi connectivity index (χ1) is 8.04.